The van der Waals surface area contributed by atoms with Gasteiger partial charge in [0, 0.05) is 12.6 Å². The Morgan fingerprint density at radius 1 is 1.70 bits per heavy atom. The third-order valence-electron chi connectivity index (χ3n) is 1.14. The number of hydrogen-bond acceptors (Lipinski definition) is 2. The highest BCUT2D eigenvalue weighted by molar-refractivity contribution is 5.71. The topological polar surface area (TPSA) is 67.2 Å². The highest BCUT2D eigenvalue weighted by atomic mass is 16.2. The van der Waals surface area contributed by atoms with Crippen molar-refractivity contribution in [2.45, 2.75) is 19.9 Å². The van der Waals surface area contributed by atoms with Crippen LogP contribution >= 0.6 is 0 Å². The van der Waals surface area contributed by atoms with Crippen LogP contribution in [0.25, 0.3) is 0 Å². The van der Waals surface area contributed by atoms with Crippen LogP contribution in [0.1, 0.15) is 13.8 Å². The predicted octanol–water partition coefficient (Wildman–Crippen LogP) is -0.347. The van der Waals surface area contributed by atoms with E-state index < -0.39 is 6.03 Å². The molecule has 0 aliphatic heterocycles. The molecule has 0 radical (unpaired) electrons. The molecule has 2 amide bonds. The van der Waals surface area contributed by atoms with Gasteiger partial charge < -0.3 is 16.4 Å². The van der Waals surface area contributed by atoms with Gasteiger partial charge in [-0.05, 0) is 13.5 Å². The number of carbonyl (C=O) groups excluding carboxylic acids is 1. The molecule has 0 aromatic heterocycles. The van der Waals surface area contributed by atoms with E-state index in [1.807, 2.05) is 13.8 Å². The molecule has 1 atom stereocenters. The number of nitrogens with one attached hydrogen (secondary N) is 2. The number of likely N-dealkylation sites (N-methyl/N-ethyl adjacent to an activating group) is 1. The second kappa shape index (κ2) is 5.05. The van der Waals surface area contributed by atoms with Gasteiger partial charge in [-0.2, -0.15) is 0 Å². The standard InChI is InChI=1S/C6H15N3O/c1-3-8-5(2)4-9-6(7)10/h5,8H,3-4H2,1-2H3,(H3,7,9,10). The molecule has 0 aliphatic carbocycles. The van der Waals surface area contributed by atoms with E-state index in [0.29, 0.717) is 6.54 Å². The van der Waals surface area contributed by atoms with Crippen LogP contribution in [-0.4, -0.2) is 25.2 Å². The van der Waals surface area contributed by atoms with Crippen LogP contribution in [0.15, 0.2) is 0 Å². The maximum atomic E-state index is 10.2. The maximum Gasteiger partial charge on any atom is 0.312 e. The molecule has 0 spiro atoms. The van der Waals surface area contributed by atoms with Gasteiger partial charge in [0.15, 0.2) is 0 Å². The first kappa shape index (κ1) is 9.23. The SMILES string of the molecule is CCNC(C)CNC(N)=O. The molecule has 4 nitrogen and oxygen atoms in total. The molecule has 0 saturated heterocycles. The summed E-state index contributed by atoms with van der Waals surface area (Å²) in [6, 6.07) is -0.178. The largest absolute Gasteiger partial charge is 0.352 e. The third kappa shape index (κ3) is 5.37. The van der Waals surface area contributed by atoms with Crippen molar-refractivity contribution in [2.24, 2.45) is 5.73 Å². The summed E-state index contributed by atoms with van der Waals surface area (Å²) in [6.45, 7) is 5.49. The summed E-state index contributed by atoms with van der Waals surface area (Å²) in [6.07, 6.45) is 0. The van der Waals surface area contributed by atoms with Crippen molar-refractivity contribution in [3.05, 3.63) is 0 Å². The molecular weight excluding hydrogens is 130 g/mol. The number of carbonyl (C=O) groups is 1. The molecule has 4 heteroatoms. The van der Waals surface area contributed by atoms with E-state index in [9.17, 15) is 4.79 Å². The monoisotopic (exact) mass is 145 g/mol. The first-order valence-corrected chi connectivity index (χ1v) is 3.43. The Bertz CT molecular complexity index is 105. The smallest absolute Gasteiger partial charge is 0.312 e. The van der Waals surface area contributed by atoms with Crippen LogP contribution in [0.5, 0.6) is 0 Å². The number of hydrogen-bond donors (Lipinski definition) is 3. The fourth-order valence-electron chi connectivity index (χ4n) is 0.674. The summed E-state index contributed by atoms with van der Waals surface area (Å²) in [7, 11) is 0. The van der Waals surface area contributed by atoms with Crippen LogP contribution < -0.4 is 16.4 Å². The zero-order chi connectivity index (χ0) is 7.98. The second-order valence-corrected chi connectivity index (χ2v) is 2.20. The van der Waals surface area contributed by atoms with E-state index in [2.05, 4.69) is 10.6 Å². The molecule has 0 aliphatic rings. The Morgan fingerprint density at radius 2 is 2.30 bits per heavy atom. The number of amides is 2. The van der Waals surface area contributed by atoms with Gasteiger partial charge in [-0.25, -0.2) is 4.79 Å². The quantitative estimate of drug-likeness (QED) is 0.506. The predicted molar refractivity (Wildman–Crippen MR) is 40.7 cm³/mol. The van der Waals surface area contributed by atoms with Crippen molar-refractivity contribution in [1.29, 1.82) is 0 Å². The summed E-state index contributed by atoms with van der Waals surface area (Å²) < 4.78 is 0. The summed E-state index contributed by atoms with van der Waals surface area (Å²) in [5.41, 5.74) is 4.86. The molecule has 0 rings (SSSR count). The fraction of sp³-hybridized carbons (Fsp3) is 0.833. The van der Waals surface area contributed by atoms with Crippen molar-refractivity contribution in [3.8, 4) is 0 Å². The van der Waals surface area contributed by atoms with Gasteiger partial charge in [0.25, 0.3) is 0 Å². The summed E-state index contributed by atoms with van der Waals surface area (Å²) in [5, 5.41) is 5.64. The minimum atomic E-state index is -0.468. The van der Waals surface area contributed by atoms with E-state index >= 15 is 0 Å². The van der Waals surface area contributed by atoms with Crippen LogP contribution in [0.4, 0.5) is 4.79 Å². The highest BCUT2D eigenvalue weighted by Crippen LogP contribution is 1.75. The lowest BCUT2D eigenvalue weighted by Crippen LogP contribution is -2.40. The Balaban J connectivity index is 3.21. The van der Waals surface area contributed by atoms with Crippen molar-refractivity contribution in [1.82, 2.24) is 10.6 Å². The highest BCUT2D eigenvalue weighted by Gasteiger charge is 1.98. The molecule has 0 fully saturated rings. The Morgan fingerprint density at radius 3 is 2.70 bits per heavy atom. The molecule has 0 aromatic carbocycles. The van der Waals surface area contributed by atoms with Crippen molar-refractivity contribution in [2.75, 3.05) is 13.1 Å². The number of urea groups is 1. The van der Waals surface area contributed by atoms with E-state index in [-0.39, 0.29) is 6.04 Å². The summed E-state index contributed by atoms with van der Waals surface area (Å²) in [4.78, 5) is 10.2. The van der Waals surface area contributed by atoms with Gasteiger partial charge in [-0.1, -0.05) is 6.92 Å². The van der Waals surface area contributed by atoms with E-state index in [1.165, 1.54) is 0 Å². The Hall–Kier alpha value is -0.770. The zero-order valence-corrected chi connectivity index (χ0v) is 6.48. The van der Waals surface area contributed by atoms with E-state index in [4.69, 9.17) is 5.73 Å². The van der Waals surface area contributed by atoms with Gasteiger partial charge >= 0.3 is 6.03 Å². The normalized spacial score (nSPS) is 12.6. The molecule has 0 saturated carbocycles. The van der Waals surface area contributed by atoms with E-state index in [1.54, 1.807) is 0 Å². The third-order valence-corrected chi connectivity index (χ3v) is 1.14. The van der Waals surface area contributed by atoms with Crippen LogP contribution in [0, 0.1) is 0 Å². The lowest BCUT2D eigenvalue weighted by molar-refractivity contribution is 0.248. The average Bonchev–Trinajstić information content (AvgIpc) is 1.85. The van der Waals surface area contributed by atoms with Gasteiger partial charge in [-0.15, -0.1) is 0 Å². The molecule has 0 aromatic rings. The second-order valence-electron chi connectivity index (χ2n) is 2.20. The Kier molecular flexibility index (Phi) is 4.66. The minimum Gasteiger partial charge on any atom is -0.352 e. The first-order chi connectivity index (χ1) is 4.66. The molecular formula is C6H15N3O. The number of primary amides is 1. The molecule has 60 valence electrons. The molecule has 4 N–H and O–H groups in total. The van der Waals surface area contributed by atoms with Crippen molar-refractivity contribution in [3.63, 3.8) is 0 Å². The lowest BCUT2D eigenvalue weighted by atomic mass is 10.3. The van der Waals surface area contributed by atoms with Crippen LogP contribution in [0.2, 0.25) is 0 Å². The number of rotatable bonds is 4. The lowest BCUT2D eigenvalue weighted by Gasteiger charge is -2.11. The molecule has 10 heavy (non-hydrogen) atoms. The van der Waals surface area contributed by atoms with Crippen LogP contribution in [0.3, 0.4) is 0 Å². The summed E-state index contributed by atoms with van der Waals surface area (Å²) in [5.74, 6) is 0. The number of nitrogens with two attached hydrogens (primary N) is 1. The van der Waals surface area contributed by atoms with Gasteiger partial charge in [0.05, 0.1) is 0 Å². The van der Waals surface area contributed by atoms with E-state index in [0.717, 1.165) is 6.54 Å². The van der Waals surface area contributed by atoms with Gasteiger partial charge in [-0.3, -0.25) is 0 Å². The van der Waals surface area contributed by atoms with Crippen LogP contribution in [-0.2, 0) is 0 Å². The minimum absolute atomic E-state index is 0.289. The molecule has 0 heterocycles. The van der Waals surface area contributed by atoms with Gasteiger partial charge in [0.1, 0.15) is 0 Å². The average molecular weight is 145 g/mol. The van der Waals surface area contributed by atoms with Crippen molar-refractivity contribution < 1.29 is 4.79 Å². The summed E-state index contributed by atoms with van der Waals surface area (Å²) >= 11 is 0. The fourth-order valence-corrected chi connectivity index (χ4v) is 0.674. The van der Waals surface area contributed by atoms with Crippen molar-refractivity contribution >= 4 is 6.03 Å². The first-order valence-electron chi connectivity index (χ1n) is 3.43. The molecule has 1 unspecified atom stereocenters. The Labute approximate surface area is 61.2 Å². The zero-order valence-electron chi connectivity index (χ0n) is 6.48. The maximum absolute atomic E-state index is 10.2. The molecule has 0 bridgehead atoms. The van der Waals surface area contributed by atoms with Gasteiger partial charge in [0.2, 0.25) is 0 Å².